The van der Waals surface area contributed by atoms with Crippen molar-refractivity contribution in [2.45, 2.75) is 25.7 Å². The second kappa shape index (κ2) is 12.1. The largest absolute Gasteiger partial charge is 0.497 e. The summed E-state index contributed by atoms with van der Waals surface area (Å²) < 4.78 is 5.09. The van der Waals surface area contributed by atoms with Crippen LogP contribution in [0.3, 0.4) is 0 Å². The quantitative estimate of drug-likeness (QED) is 0.390. The number of methoxy groups -OCH3 is 1. The fourth-order valence-corrected chi connectivity index (χ4v) is 2.69. The molecule has 158 valence electrons. The average molecular weight is 410 g/mol. The van der Waals surface area contributed by atoms with E-state index in [1.54, 1.807) is 37.5 Å². The minimum atomic E-state index is -0.826. The number of ether oxygens (including phenoxy) is 1. The van der Waals surface area contributed by atoms with Crippen LogP contribution in [0, 0.1) is 0 Å². The summed E-state index contributed by atoms with van der Waals surface area (Å²) in [5, 5.41) is 14.1. The standard InChI is InChI=1S/C23H26N2O5/c1-30-19-13-11-18(12-14-19)22(28)25-20(16-17-8-4-2-5-9-17)23(29)24-15-7-3-6-10-21(26)27/h2,4-5,8-9,11-14,16H,3,6-7,10,15H2,1H3,(H,24,29)(H,25,28)(H,26,27)/b20-16+. The first-order valence-electron chi connectivity index (χ1n) is 9.71. The van der Waals surface area contributed by atoms with Crippen molar-refractivity contribution < 1.29 is 24.2 Å². The number of rotatable bonds is 11. The van der Waals surface area contributed by atoms with Crippen LogP contribution in [0.1, 0.15) is 41.6 Å². The number of hydrogen-bond acceptors (Lipinski definition) is 4. The number of carbonyl (C=O) groups excluding carboxylic acids is 2. The first-order chi connectivity index (χ1) is 14.5. The van der Waals surface area contributed by atoms with Gasteiger partial charge in [-0.2, -0.15) is 0 Å². The molecule has 0 aromatic heterocycles. The maximum atomic E-state index is 12.6. The molecule has 0 heterocycles. The third-order valence-electron chi connectivity index (χ3n) is 4.31. The molecule has 2 amide bonds. The first-order valence-corrected chi connectivity index (χ1v) is 9.71. The maximum Gasteiger partial charge on any atom is 0.303 e. The van der Waals surface area contributed by atoms with Gasteiger partial charge in [0.2, 0.25) is 0 Å². The smallest absolute Gasteiger partial charge is 0.303 e. The lowest BCUT2D eigenvalue weighted by molar-refractivity contribution is -0.137. The zero-order valence-electron chi connectivity index (χ0n) is 16.9. The maximum absolute atomic E-state index is 12.6. The zero-order valence-corrected chi connectivity index (χ0v) is 16.9. The van der Waals surface area contributed by atoms with Crippen molar-refractivity contribution in [3.63, 3.8) is 0 Å². The lowest BCUT2D eigenvalue weighted by Crippen LogP contribution is -2.35. The highest BCUT2D eigenvalue weighted by Gasteiger charge is 2.14. The Bertz CT molecular complexity index is 876. The van der Waals surface area contributed by atoms with Gasteiger partial charge in [-0.1, -0.05) is 36.8 Å². The fourth-order valence-electron chi connectivity index (χ4n) is 2.69. The summed E-state index contributed by atoms with van der Waals surface area (Å²) in [5.41, 5.74) is 1.31. The van der Waals surface area contributed by atoms with Crippen LogP contribution in [-0.4, -0.2) is 36.5 Å². The van der Waals surface area contributed by atoms with Gasteiger partial charge in [0, 0.05) is 18.5 Å². The van der Waals surface area contributed by atoms with E-state index >= 15 is 0 Å². The van der Waals surface area contributed by atoms with E-state index in [2.05, 4.69) is 10.6 Å². The Balaban J connectivity index is 2.03. The van der Waals surface area contributed by atoms with Crippen LogP contribution in [0.5, 0.6) is 5.75 Å². The SMILES string of the molecule is COc1ccc(C(=O)N/C(=C/c2ccccc2)C(=O)NCCCCCC(=O)O)cc1. The van der Waals surface area contributed by atoms with E-state index in [-0.39, 0.29) is 12.1 Å². The molecule has 0 radical (unpaired) electrons. The molecule has 0 aliphatic heterocycles. The van der Waals surface area contributed by atoms with Crippen LogP contribution < -0.4 is 15.4 Å². The first kappa shape index (κ1) is 22.7. The molecule has 7 heteroatoms. The van der Waals surface area contributed by atoms with Gasteiger partial charge in [0.15, 0.2) is 0 Å². The Hall–Kier alpha value is -3.61. The van der Waals surface area contributed by atoms with Gasteiger partial charge in [-0.3, -0.25) is 14.4 Å². The summed E-state index contributed by atoms with van der Waals surface area (Å²) in [5.74, 6) is -1.00. The minimum Gasteiger partial charge on any atom is -0.497 e. The molecule has 0 aliphatic rings. The Labute approximate surface area is 175 Å². The molecule has 0 saturated heterocycles. The molecule has 7 nitrogen and oxygen atoms in total. The van der Waals surface area contributed by atoms with Crippen molar-refractivity contribution in [2.75, 3.05) is 13.7 Å². The number of nitrogens with one attached hydrogen (secondary N) is 2. The van der Waals surface area contributed by atoms with Crippen molar-refractivity contribution in [3.05, 3.63) is 71.4 Å². The molecule has 0 spiro atoms. The molecule has 0 unspecified atom stereocenters. The normalized spacial score (nSPS) is 10.9. The fraction of sp³-hybridized carbons (Fsp3) is 0.261. The summed E-state index contributed by atoms with van der Waals surface area (Å²) in [7, 11) is 1.54. The van der Waals surface area contributed by atoms with Crippen LogP contribution >= 0.6 is 0 Å². The summed E-state index contributed by atoms with van der Waals surface area (Å²) in [6.07, 6.45) is 3.64. The van der Waals surface area contributed by atoms with E-state index in [0.29, 0.717) is 37.1 Å². The molecule has 0 fully saturated rings. The van der Waals surface area contributed by atoms with Crippen molar-refractivity contribution in [1.82, 2.24) is 10.6 Å². The predicted molar refractivity (Wildman–Crippen MR) is 114 cm³/mol. The van der Waals surface area contributed by atoms with Crippen molar-refractivity contribution in [1.29, 1.82) is 0 Å². The molecule has 2 rings (SSSR count). The predicted octanol–water partition coefficient (Wildman–Crippen LogP) is 3.23. The second-order valence-electron chi connectivity index (χ2n) is 6.61. The Morgan fingerprint density at radius 2 is 1.67 bits per heavy atom. The number of hydrogen-bond donors (Lipinski definition) is 3. The molecule has 2 aromatic rings. The Kier molecular flexibility index (Phi) is 9.12. The number of unbranched alkanes of at least 4 members (excludes halogenated alkanes) is 2. The molecule has 0 bridgehead atoms. The van der Waals surface area contributed by atoms with E-state index in [1.165, 1.54) is 0 Å². The van der Waals surface area contributed by atoms with E-state index < -0.39 is 17.8 Å². The zero-order chi connectivity index (χ0) is 21.8. The number of carboxylic acid groups (broad SMARTS) is 1. The van der Waals surface area contributed by atoms with E-state index in [4.69, 9.17) is 9.84 Å². The average Bonchev–Trinajstić information content (AvgIpc) is 2.76. The van der Waals surface area contributed by atoms with E-state index in [1.807, 2.05) is 30.3 Å². The number of carboxylic acids is 1. The van der Waals surface area contributed by atoms with Crippen LogP contribution in [-0.2, 0) is 9.59 Å². The van der Waals surface area contributed by atoms with Gasteiger partial charge >= 0.3 is 5.97 Å². The summed E-state index contributed by atoms with van der Waals surface area (Å²) >= 11 is 0. The highest BCUT2D eigenvalue weighted by atomic mass is 16.5. The molecule has 30 heavy (non-hydrogen) atoms. The van der Waals surface area contributed by atoms with E-state index in [9.17, 15) is 14.4 Å². The molecule has 2 aromatic carbocycles. The van der Waals surface area contributed by atoms with Crippen molar-refractivity contribution >= 4 is 23.9 Å². The topological polar surface area (TPSA) is 105 Å². The van der Waals surface area contributed by atoms with Gasteiger partial charge in [-0.05, 0) is 48.7 Å². The van der Waals surface area contributed by atoms with Gasteiger partial charge < -0.3 is 20.5 Å². The lowest BCUT2D eigenvalue weighted by atomic mass is 10.1. The van der Waals surface area contributed by atoms with Crippen molar-refractivity contribution in [2.24, 2.45) is 0 Å². The van der Waals surface area contributed by atoms with Gasteiger partial charge in [-0.15, -0.1) is 0 Å². The monoisotopic (exact) mass is 410 g/mol. The van der Waals surface area contributed by atoms with E-state index in [0.717, 1.165) is 5.56 Å². The molecule has 0 atom stereocenters. The molecule has 0 saturated carbocycles. The van der Waals surface area contributed by atoms with Crippen LogP contribution in [0.2, 0.25) is 0 Å². The van der Waals surface area contributed by atoms with Crippen LogP contribution in [0.15, 0.2) is 60.3 Å². The minimum absolute atomic E-state index is 0.116. The highest BCUT2D eigenvalue weighted by molar-refractivity contribution is 6.05. The Morgan fingerprint density at radius 1 is 0.967 bits per heavy atom. The number of carbonyl (C=O) groups is 3. The van der Waals surface area contributed by atoms with Gasteiger partial charge in [-0.25, -0.2) is 0 Å². The molecular formula is C23H26N2O5. The van der Waals surface area contributed by atoms with Gasteiger partial charge in [0.1, 0.15) is 11.4 Å². The number of benzene rings is 2. The van der Waals surface area contributed by atoms with Crippen LogP contribution in [0.4, 0.5) is 0 Å². The summed E-state index contributed by atoms with van der Waals surface area (Å²) in [6, 6.07) is 15.8. The second-order valence-corrected chi connectivity index (χ2v) is 6.61. The van der Waals surface area contributed by atoms with Gasteiger partial charge in [0.25, 0.3) is 11.8 Å². The molecule has 3 N–H and O–H groups in total. The third-order valence-corrected chi connectivity index (χ3v) is 4.31. The number of amides is 2. The van der Waals surface area contributed by atoms with Gasteiger partial charge in [0.05, 0.1) is 7.11 Å². The summed E-state index contributed by atoms with van der Waals surface area (Å²) in [4.78, 5) is 35.8. The van der Waals surface area contributed by atoms with Crippen molar-refractivity contribution in [3.8, 4) is 5.75 Å². The molecular weight excluding hydrogens is 384 g/mol. The Morgan fingerprint density at radius 3 is 2.30 bits per heavy atom. The summed E-state index contributed by atoms with van der Waals surface area (Å²) in [6.45, 7) is 0.392. The lowest BCUT2D eigenvalue weighted by Gasteiger charge is -2.11. The third kappa shape index (κ3) is 7.79. The highest BCUT2D eigenvalue weighted by Crippen LogP contribution is 2.12. The molecule has 0 aliphatic carbocycles. The van der Waals surface area contributed by atoms with Crippen LogP contribution in [0.25, 0.3) is 6.08 Å². The number of aliphatic carboxylic acids is 1.